The second-order valence-electron chi connectivity index (χ2n) is 5.76. The van der Waals surface area contributed by atoms with Gasteiger partial charge in [0.1, 0.15) is 0 Å². The monoisotopic (exact) mass is 254 g/mol. The molecular weight excluding hydrogens is 228 g/mol. The van der Waals surface area contributed by atoms with Crippen molar-refractivity contribution in [1.82, 2.24) is 9.78 Å². The average molecular weight is 254 g/mol. The van der Waals surface area contributed by atoms with E-state index in [9.17, 15) is 0 Å². The van der Waals surface area contributed by atoms with Gasteiger partial charge in [-0.15, -0.1) is 0 Å². The van der Waals surface area contributed by atoms with Gasteiger partial charge in [0, 0.05) is 12.2 Å². The Hall–Kier alpha value is -0.440. The first-order valence-corrected chi connectivity index (χ1v) is 7.22. The second kappa shape index (κ2) is 5.94. The summed E-state index contributed by atoms with van der Waals surface area (Å²) in [6, 6.07) is 2.23. The normalized spacial score (nSPS) is 14.0. The van der Waals surface area contributed by atoms with Gasteiger partial charge in [-0.25, -0.2) is 0 Å². The van der Waals surface area contributed by atoms with Crippen molar-refractivity contribution in [3.63, 3.8) is 0 Å². The minimum absolute atomic E-state index is 0.283. The predicted octanol–water partition coefficient (Wildman–Crippen LogP) is 3.60. The van der Waals surface area contributed by atoms with Crippen molar-refractivity contribution in [3.8, 4) is 0 Å². The summed E-state index contributed by atoms with van der Waals surface area (Å²) in [4.78, 5) is 0. The molecule has 0 aliphatic carbocycles. The SMILES string of the molecule is CCc1cc(CC)n(CC(CS)C(C)(C)C)n1. The van der Waals surface area contributed by atoms with Crippen LogP contribution in [0.5, 0.6) is 0 Å². The lowest BCUT2D eigenvalue weighted by molar-refractivity contribution is 0.229. The highest BCUT2D eigenvalue weighted by molar-refractivity contribution is 7.80. The number of nitrogens with zero attached hydrogens (tertiary/aromatic N) is 2. The first kappa shape index (κ1) is 14.6. The fraction of sp³-hybridized carbons (Fsp3) is 0.786. The van der Waals surface area contributed by atoms with Gasteiger partial charge in [0.2, 0.25) is 0 Å². The molecule has 1 rings (SSSR count). The molecule has 0 radical (unpaired) electrons. The van der Waals surface area contributed by atoms with Crippen LogP contribution in [0.2, 0.25) is 0 Å². The van der Waals surface area contributed by atoms with Crippen LogP contribution in [0.4, 0.5) is 0 Å². The van der Waals surface area contributed by atoms with Gasteiger partial charge in [-0.1, -0.05) is 34.6 Å². The average Bonchev–Trinajstić information content (AvgIpc) is 2.66. The van der Waals surface area contributed by atoms with Crippen LogP contribution in [-0.4, -0.2) is 15.5 Å². The second-order valence-corrected chi connectivity index (χ2v) is 6.13. The van der Waals surface area contributed by atoms with E-state index < -0.39 is 0 Å². The first-order chi connectivity index (χ1) is 7.92. The van der Waals surface area contributed by atoms with Crippen molar-refractivity contribution in [3.05, 3.63) is 17.5 Å². The summed E-state index contributed by atoms with van der Waals surface area (Å²) >= 11 is 4.49. The third-order valence-corrected chi connectivity index (χ3v) is 3.92. The van der Waals surface area contributed by atoms with Crippen molar-refractivity contribution in [1.29, 1.82) is 0 Å². The maximum Gasteiger partial charge on any atom is 0.0624 e. The molecule has 17 heavy (non-hydrogen) atoms. The minimum Gasteiger partial charge on any atom is -0.269 e. The van der Waals surface area contributed by atoms with Crippen LogP contribution in [0.15, 0.2) is 6.07 Å². The van der Waals surface area contributed by atoms with Crippen LogP contribution in [0, 0.1) is 11.3 Å². The molecule has 1 heterocycles. The Morgan fingerprint density at radius 1 is 1.29 bits per heavy atom. The van der Waals surface area contributed by atoms with Gasteiger partial charge >= 0.3 is 0 Å². The number of aromatic nitrogens is 2. The molecule has 1 aromatic heterocycles. The largest absolute Gasteiger partial charge is 0.269 e. The van der Waals surface area contributed by atoms with E-state index in [1.807, 2.05) is 0 Å². The summed E-state index contributed by atoms with van der Waals surface area (Å²) in [7, 11) is 0. The summed E-state index contributed by atoms with van der Waals surface area (Å²) in [5.74, 6) is 1.47. The fourth-order valence-electron chi connectivity index (χ4n) is 1.94. The van der Waals surface area contributed by atoms with Crippen molar-refractivity contribution in [2.24, 2.45) is 11.3 Å². The number of hydrogen-bond acceptors (Lipinski definition) is 2. The number of aryl methyl sites for hydroxylation is 2. The van der Waals surface area contributed by atoms with Crippen molar-refractivity contribution < 1.29 is 0 Å². The Bertz CT molecular complexity index is 350. The zero-order valence-electron chi connectivity index (χ0n) is 11.8. The Labute approximate surface area is 111 Å². The van der Waals surface area contributed by atoms with E-state index in [0.29, 0.717) is 5.92 Å². The fourth-order valence-corrected chi connectivity index (χ4v) is 2.61. The van der Waals surface area contributed by atoms with E-state index in [1.54, 1.807) is 0 Å². The lowest BCUT2D eigenvalue weighted by Gasteiger charge is -2.29. The third-order valence-electron chi connectivity index (χ3n) is 3.48. The Balaban J connectivity index is 2.89. The molecule has 0 spiro atoms. The Morgan fingerprint density at radius 2 is 1.94 bits per heavy atom. The molecule has 1 atom stereocenters. The molecule has 98 valence electrons. The molecule has 2 nitrogen and oxygen atoms in total. The molecular formula is C14H26N2S. The molecule has 3 heteroatoms. The van der Waals surface area contributed by atoms with Crippen molar-refractivity contribution in [2.45, 2.75) is 54.0 Å². The highest BCUT2D eigenvalue weighted by atomic mass is 32.1. The third kappa shape index (κ3) is 3.77. The Kier molecular flexibility index (Phi) is 5.11. The van der Waals surface area contributed by atoms with Crippen LogP contribution in [0.1, 0.15) is 46.0 Å². The molecule has 1 aromatic rings. The molecule has 1 unspecified atom stereocenters. The van der Waals surface area contributed by atoms with Gasteiger partial charge in [-0.2, -0.15) is 17.7 Å². The molecule has 0 aromatic carbocycles. The maximum atomic E-state index is 4.68. The lowest BCUT2D eigenvalue weighted by atomic mass is 9.82. The number of thiol groups is 1. The molecule has 0 amide bonds. The van der Waals surface area contributed by atoms with Crippen molar-refractivity contribution >= 4 is 12.6 Å². The summed E-state index contributed by atoms with van der Waals surface area (Å²) in [6.45, 7) is 12.2. The van der Waals surface area contributed by atoms with Crippen LogP contribution in [0.25, 0.3) is 0 Å². The summed E-state index contributed by atoms with van der Waals surface area (Å²) in [6.07, 6.45) is 2.07. The molecule has 0 bridgehead atoms. The van der Waals surface area contributed by atoms with Gasteiger partial charge in [0.25, 0.3) is 0 Å². The van der Waals surface area contributed by atoms with Gasteiger partial charge < -0.3 is 0 Å². The topological polar surface area (TPSA) is 17.8 Å². The quantitative estimate of drug-likeness (QED) is 0.795. The van der Waals surface area contributed by atoms with Crippen molar-refractivity contribution in [2.75, 3.05) is 5.75 Å². The molecule has 0 saturated heterocycles. The molecule has 0 fully saturated rings. The maximum absolute atomic E-state index is 4.68. The summed E-state index contributed by atoms with van der Waals surface area (Å²) in [5.41, 5.74) is 2.83. The van der Waals surface area contributed by atoms with Gasteiger partial charge in [0.05, 0.1) is 5.69 Å². The van der Waals surface area contributed by atoms with E-state index in [4.69, 9.17) is 0 Å². The van der Waals surface area contributed by atoms with Gasteiger partial charge in [-0.05, 0) is 36.0 Å². The van der Waals surface area contributed by atoms with Crippen LogP contribution >= 0.6 is 12.6 Å². The smallest absolute Gasteiger partial charge is 0.0624 e. The molecule has 0 aliphatic rings. The van der Waals surface area contributed by atoms with E-state index in [-0.39, 0.29) is 5.41 Å². The number of rotatable bonds is 5. The summed E-state index contributed by atoms with van der Waals surface area (Å²) < 4.78 is 2.19. The van der Waals surface area contributed by atoms with E-state index in [0.717, 1.165) is 25.1 Å². The Morgan fingerprint density at radius 3 is 2.35 bits per heavy atom. The zero-order valence-corrected chi connectivity index (χ0v) is 12.7. The van der Waals surface area contributed by atoms with Crippen LogP contribution in [-0.2, 0) is 19.4 Å². The van der Waals surface area contributed by atoms with Gasteiger partial charge in [0.15, 0.2) is 0 Å². The predicted molar refractivity (Wildman–Crippen MR) is 77.8 cm³/mol. The number of hydrogen-bond donors (Lipinski definition) is 1. The highest BCUT2D eigenvalue weighted by Gasteiger charge is 2.24. The first-order valence-electron chi connectivity index (χ1n) is 6.58. The minimum atomic E-state index is 0.283. The van der Waals surface area contributed by atoms with E-state index >= 15 is 0 Å². The van der Waals surface area contributed by atoms with Gasteiger partial charge in [-0.3, -0.25) is 4.68 Å². The summed E-state index contributed by atoms with van der Waals surface area (Å²) in [5, 5.41) is 4.68. The van der Waals surface area contributed by atoms with Crippen LogP contribution < -0.4 is 0 Å². The molecule has 0 aliphatic heterocycles. The molecule has 0 saturated carbocycles. The van der Waals surface area contributed by atoms with E-state index in [1.165, 1.54) is 11.4 Å². The van der Waals surface area contributed by atoms with E-state index in [2.05, 4.69) is 63.1 Å². The zero-order chi connectivity index (χ0) is 13.1. The standard InChI is InChI=1S/C14H26N2S/c1-6-12-8-13(7-2)16(15-12)9-11(10-17)14(3,4)5/h8,11,17H,6-7,9-10H2,1-5H3. The highest BCUT2D eigenvalue weighted by Crippen LogP contribution is 2.28. The van der Waals surface area contributed by atoms with Crippen LogP contribution in [0.3, 0.4) is 0 Å². The lowest BCUT2D eigenvalue weighted by Crippen LogP contribution is -2.28. The molecule has 0 N–H and O–H groups in total.